The second-order valence-electron chi connectivity index (χ2n) is 6.71. The van der Waals surface area contributed by atoms with Crippen LogP contribution in [-0.2, 0) is 25.7 Å². The minimum atomic E-state index is -0.871. The molecule has 150 valence electrons. The van der Waals surface area contributed by atoms with Crippen molar-refractivity contribution in [2.24, 2.45) is 5.92 Å². The van der Waals surface area contributed by atoms with Crippen molar-refractivity contribution in [3.05, 3.63) is 22.1 Å². The summed E-state index contributed by atoms with van der Waals surface area (Å²) in [7, 11) is 1.23. The zero-order chi connectivity index (χ0) is 20.7. The molecule has 1 aromatic rings. The van der Waals surface area contributed by atoms with Gasteiger partial charge in [-0.3, -0.25) is 9.59 Å². The fourth-order valence-corrected chi connectivity index (χ4v) is 2.79. The fourth-order valence-electron chi connectivity index (χ4n) is 2.79. The number of aromatic nitrogens is 2. The molecule has 0 spiro atoms. The highest BCUT2D eigenvalue weighted by molar-refractivity contribution is 5.98. The molecule has 0 aliphatic carbocycles. The Kier molecular flexibility index (Phi) is 8.07. The minimum absolute atomic E-state index is 0.0106. The topological polar surface area (TPSA) is 125 Å². The van der Waals surface area contributed by atoms with E-state index in [2.05, 4.69) is 4.98 Å². The number of methoxy groups -OCH3 is 1. The summed E-state index contributed by atoms with van der Waals surface area (Å²) in [6.45, 7) is 6.77. The maximum absolute atomic E-state index is 12.6. The number of nitro groups is 1. The van der Waals surface area contributed by atoms with Gasteiger partial charge in [0.15, 0.2) is 5.82 Å². The van der Waals surface area contributed by atoms with Gasteiger partial charge in [-0.25, -0.2) is 14.3 Å². The molecule has 0 N–H and O–H groups in total. The largest absolute Gasteiger partial charge is 0.467 e. The number of imidazole rings is 1. The third-order valence-electron chi connectivity index (χ3n) is 4.05. The van der Waals surface area contributed by atoms with E-state index in [1.54, 1.807) is 6.92 Å². The van der Waals surface area contributed by atoms with Crippen LogP contribution in [0.4, 0.5) is 5.82 Å². The average Bonchev–Trinajstić information content (AvgIpc) is 2.93. The molecule has 1 aromatic heterocycles. The number of esters is 1. The number of hydrogen-bond donors (Lipinski definition) is 0. The van der Waals surface area contributed by atoms with E-state index in [4.69, 9.17) is 4.74 Å². The lowest BCUT2D eigenvalue weighted by molar-refractivity contribution is -0.392. The first-order valence-corrected chi connectivity index (χ1v) is 8.61. The first kappa shape index (κ1) is 22.3. The first-order chi connectivity index (χ1) is 12.6. The van der Waals surface area contributed by atoms with Gasteiger partial charge in [0.05, 0.1) is 20.1 Å². The average molecular weight is 382 g/mol. The van der Waals surface area contributed by atoms with Crippen molar-refractivity contribution < 1.29 is 24.0 Å². The van der Waals surface area contributed by atoms with E-state index in [1.807, 2.05) is 13.8 Å². The van der Waals surface area contributed by atoms with Crippen LogP contribution < -0.4 is 0 Å². The van der Waals surface area contributed by atoms with Gasteiger partial charge in [0.1, 0.15) is 24.6 Å². The minimum Gasteiger partial charge on any atom is -0.467 e. The van der Waals surface area contributed by atoms with Gasteiger partial charge in [-0.1, -0.05) is 13.8 Å². The summed E-state index contributed by atoms with van der Waals surface area (Å²) < 4.78 is 6.19. The SMILES string of the molecule is COC(=O)C(CC(C)C)N(CCn1c([N+](=O)[O-])cnc1C)C(=O)CC(C)=O. The van der Waals surface area contributed by atoms with Crippen molar-refractivity contribution in [2.75, 3.05) is 13.7 Å². The molecule has 1 rings (SSSR count). The highest BCUT2D eigenvalue weighted by Gasteiger charge is 2.32. The van der Waals surface area contributed by atoms with Crippen LogP contribution in [0.25, 0.3) is 0 Å². The quantitative estimate of drug-likeness (QED) is 0.260. The van der Waals surface area contributed by atoms with Gasteiger partial charge in [0.2, 0.25) is 5.91 Å². The lowest BCUT2D eigenvalue weighted by Gasteiger charge is -2.30. The summed E-state index contributed by atoms with van der Waals surface area (Å²) in [5, 5.41) is 11.1. The fraction of sp³-hybridized carbons (Fsp3) is 0.647. The van der Waals surface area contributed by atoms with Crippen molar-refractivity contribution >= 4 is 23.5 Å². The van der Waals surface area contributed by atoms with Gasteiger partial charge in [-0.05, 0) is 24.2 Å². The van der Waals surface area contributed by atoms with Crippen LogP contribution in [0.2, 0.25) is 0 Å². The summed E-state index contributed by atoms with van der Waals surface area (Å²) in [6, 6.07) is -0.871. The van der Waals surface area contributed by atoms with Gasteiger partial charge in [0.25, 0.3) is 0 Å². The lowest BCUT2D eigenvalue weighted by atomic mass is 10.0. The van der Waals surface area contributed by atoms with Crippen molar-refractivity contribution in [1.29, 1.82) is 0 Å². The standard InChI is InChI=1S/C17H26N4O6/c1-11(2)8-14(17(24)27-5)20(16(23)9-12(3)22)7-6-19-13(4)18-10-15(19)21(25)26/h10-11,14H,6-9H2,1-5H3. The Labute approximate surface area is 157 Å². The van der Waals surface area contributed by atoms with Crippen LogP contribution in [0.3, 0.4) is 0 Å². The Morgan fingerprint density at radius 2 is 2.00 bits per heavy atom. The number of carbonyl (C=O) groups excluding carboxylic acids is 3. The monoisotopic (exact) mass is 382 g/mol. The van der Waals surface area contributed by atoms with Crippen molar-refractivity contribution in [3.63, 3.8) is 0 Å². The van der Waals surface area contributed by atoms with Crippen LogP contribution in [-0.4, -0.2) is 56.7 Å². The highest BCUT2D eigenvalue weighted by Crippen LogP contribution is 2.18. The first-order valence-electron chi connectivity index (χ1n) is 8.61. The van der Waals surface area contributed by atoms with Crippen molar-refractivity contribution in [1.82, 2.24) is 14.5 Å². The van der Waals surface area contributed by atoms with Crippen LogP contribution in [0.5, 0.6) is 0 Å². The third kappa shape index (κ3) is 6.15. The summed E-state index contributed by atoms with van der Waals surface area (Å²) in [6.07, 6.45) is 1.14. The third-order valence-corrected chi connectivity index (χ3v) is 4.05. The Bertz CT molecular complexity index is 712. The number of hydrogen-bond acceptors (Lipinski definition) is 7. The number of carbonyl (C=O) groups is 3. The van der Waals surface area contributed by atoms with Gasteiger partial charge >= 0.3 is 11.8 Å². The normalized spacial score (nSPS) is 11.9. The Morgan fingerprint density at radius 3 is 2.48 bits per heavy atom. The summed E-state index contributed by atoms with van der Waals surface area (Å²) in [4.78, 5) is 52.0. The molecule has 10 nitrogen and oxygen atoms in total. The molecule has 1 unspecified atom stereocenters. The van der Waals surface area contributed by atoms with E-state index in [0.29, 0.717) is 12.2 Å². The van der Waals surface area contributed by atoms with Crippen LogP contribution >= 0.6 is 0 Å². The second kappa shape index (κ2) is 9.79. The molecule has 0 saturated carbocycles. The lowest BCUT2D eigenvalue weighted by Crippen LogP contribution is -2.48. The molecule has 10 heteroatoms. The number of aryl methyl sites for hydroxylation is 1. The maximum atomic E-state index is 12.6. The number of ether oxygens (including phenoxy) is 1. The predicted molar refractivity (Wildman–Crippen MR) is 95.9 cm³/mol. The van der Waals surface area contributed by atoms with Crippen molar-refractivity contribution in [3.8, 4) is 0 Å². The molecule has 0 aliphatic heterocycles. The zero-order valence-electron chi connectivity index (χ0n) is 16.3. The van der Waals surface area contributed by atoms with E-state index in [0.717, 1.165) is 6.20 Å². The summed E-state index contributed by atoms with van der Waals surface area (Å²) >= 11 is 0. The number of Topliss-reactive ketones (excluding diaryl/α,β-unsaturated/α-hetero) is 1. The zero-order valence-corrected chi connectivity index (χ0v) is 16.3. The van der Waals surface area contributed by atoms with Gasteiger partial charge < -0.3 is 19.8 Å². The molecular weight excluding hydrogens is 356 g/mol. The smallest absolute Gasteiger partial charge is 0.342 e. The Hall–Kier alpha value is -2.78. The molecule has 0 aliphatic rings. The molecule has 1 heterocycles. The number of ketones is 1. The van der Waals surface area contributed by atoms with E-state index >= 15 is 0 Å². The second-order valence-corrected chi connectivity index (χ2v) is 6.71. The summed E-state index contributed by atoms with van der Waals surface area (Å²) in [5.74, 6) is -1.13. The predicted octanol–water partition coefficient (Wildman–Crippen LogP) is 1.50. The molecule has 0 aromatic carbocycles. The molecular formula is C17H26N4O6. The number of nitrogens with zero attached hydrogens (tertiary/aromatic N) is 4. The highest BCUT2D eigenvalue weighted by atomic mass is 16.6. The molecule has 0 saturated heterocycles. The molecule has 27 heavy (non-hydrogen) atoms. The van der Waals surface area contributed by atoms with Crippen LogP contribution in [0, 0.1) is 23.0 Å². The molecule has 0 bridgehead atoms. The maximum Gasteiger partial charge on any atom is 0.342 e. The molecule has 1 amide bonds. The van der Waals surface area contributed by atoms with E-state index < -0.39 is 22.8 Å². The van der Waals surface area contributed by atoms with E-state index in [1.165, 1.54) is 23.5 Å². The molecule has 1 atom stereocenters. The van der Waals surface area contributed by atoms with Gasteiger partial charge in [-0.15, -0.1) is 0 Å². The van der Waals surface area contributed by atoms with Crippen LogP contribution in [0.15, 0.2) is 6.20 Å². The Morgan fingerprint density at radius 1 is 1.37 bits per heavy atom. The van der Waals surface area contributed by atoms with Crippen LogP contribution in [0.1, 0.15) is 39.4 Å². The van der Waals surface area contributed by atoms with Gasteiger partial charge in [-0.2, -0.15) is 0 Å². The number of rotatable bonds is 10. The summed E-state index contributed by atoms with van der Waals surface area (Å²) in [5.41, 5.74) is 0. The number of amides is 1. The van der Waals surface area contributed by atoms with Gasteiger partial charge in [0, 0.05) is 6.92 Å². The van der Waals surface area contributed by atoms with E-state index in [-0.39, 0.29) is 37.0 Å². The Balaban J connectivity index is 3.16. The molecule has 0 fully saturated rings. The van der Waals surface area contributed by atoms with E-state index in [9.17, 15) is 24.5 Å². The van der Waals surface area contributed by atoms with Crippen molar-refractivity contribution in [2.45, 2.75) is 53.1 Å². The molecule has 0 radical (unpaired) electrons.